The molecule has 1 saturated heterocycles. The molecule has 1 fully saturated rings. The van der Waals surface area contributed by atoms with E-state index in [1.54, 1.807) is 18.3 Å². The highest BCUT2D eigenvalue weighted by atomic mass is 35.5. The maximum absolute atomic E-state index is 13.0. The summed E-state index contributed by atoms with van der Waals surface area (Å²) in [6, 6.07) is 14.1. The second-order valence-electron chi connectivity index (χ2n) is 9.21. The molecule has 0 radical (unpaired) electrons. The maximum Gasteiger partial charge on any atom is 0.416 e. The Morgan fingerprint density at radius 2 is 1.76 bits per heavy atom. The summed E-state index contributed by atoms with van der Waals surface area (Å²) in [6.07, 6.45) is -2.54. The fourth-order valence-corrected chi connectivity index (χ4v) is 4.81. The van der Waals surface area contributed by atoms with E-state index >= 15 is 0 Å². The molecule has 6 nitrogen and oxygen atoms in total. The number of hydrogen-bond acceptors (Lipinski definition) is 6. The topological polar surface area (TPSA) is 63.2 Å². The van der Waals surface area contributed by atoms with Crippen LogP contribution in [-0.4, -0.2) is 45.1 Å². The lowest BCUT2D eigenvalue weighted by Gasteiger charge is -2.34. The Morgan fingerprint density at radius 3 is 2.43 bits per heavy atom. The molecule has 192 valence electrons. The van der Waals surface area contributed by atoms with Gasteiger partial charge in [0.25, 0.3) is 0 Å². The van der Waals surface area contributed by atoms with Gasteiger partial charge in [-0.25, -0.2) is 9.97 Å². The molecule has 0 unspecified atom stereocenters. The standard InChI is InChI=1S/C27H25ClF3N5O/c1-16-13-36(14-17(2)37-16)15-24-34-23-12-18(25-22(28)4-3-11-32-25)5-10-21(23)26(35-24)33-20-8-6-19(7-9-20)27(29,30)31/h3-12,16-17H,13-15H2,1-2H3,(H,33,34,35)/t16-,17-/m1/s1. The van der Waals surface area contributed by atoms with Gasteiger partial charge in [0.2, 0.25) is 0 Å². The van der Waals surface area contributed by atoms with Crippen LogP contribution in [0.5, 0.6) is 0 Å². The number of fused-ring (bicyclic) bond motifs is 1. The summed E-state index contributed by atoms with van der Waals surface area (Å²) in [5.41, 5.74) is 1.90. The van der Waals surface area contributed by atoms with Crippen molar-refractivity contribution in [3.05, 3.63) is 77.2 Å². The Bertz CT molecular complexity index is 1400. The molecular weight excluding hydrogens is 503 g/mol. The van der Waals surface area contributed by atoms with E-state index in [4.69, 9.17) is 26.3 Å². The molecule has 4 aromatic rings. The summed E-state index contributed by atoms with van der Waals surface area (Å²) in [7, 11) is 0. The summed E-state index contributed by atoms with van der Waals surface area (Å²) in [5.74, 6) is 1.10. The molecule has 2 atom stereocenters. The first-order valence-corrected chi connectivity index (χ1v) is 12.3. The van der Waals surface area contributed by atoms with Gasteiger partial charge >= 0.3 is 6.18 Å². The summed E-state index contributed by atoms with van der Waals surface area (Å²) in [4.78, 5) is 16.2. The number of alkyl halides is 3. The van der Waals surface area contributed by atoms with E-state index in [1.165, 1.54) is 12.1 Å². The van der Waals surface area contributed by atoms with Gasteiger partial charge in [0.15, 0.2) is 0 Å². The number of morpholine rings is 1. The van der Waals surface area contributed by atoms with E-state index < -0.39 is 11.7 Å². The zero-order chi connectivity index (χ0) is 26.2. The Kier molecular flexibility index (Phi) is 7.02. The zero-order valence-corrected chi connectivity index (χ0v) is 21.0. The Morgan fingerprint density at radius 1 is 1.03 bits per heavy atom. The number of anilines is 2. The first-order chi connectivity index (χ1) is 17.7. The van der Waals surface area contributed by atoms with Crippen LogP contribution >= 0.6 is 11.6 Å². The van der Waals surface area contributed by atoms with Gasteiger partial charge < -0.3 is 10.1 Å². The van der Waals surface area contributed by atoms with Gasteiger partial charge in [-0.2, -0.15) is 13.2 Å². The monoisotopic (exact) mass is 527 g/mol. The smallest absolute Gasteiger partial charge is 0.373 e. The van der Waals surface area contributed by atoms with Crippen molar-refractivity contribution >= 4 is 34.0 Å². The van der Waals surface area contributed by atoms with Crippen molar-refractivity contribution < 1.29 is 17.9 Å². The molecule has 0 spiro atoms. The van der Waals surface area contributed by atoms with E-state index in [2.05, 4.69) is 15.2 Å². The summed E-state index contributed by atoms with van der Waals surface area (Å²) < 4.78 is 44.9. The van der Waals surface area contributed by atoms with Gasteiger partial charge in [-0.3, -0.25) is 9.88 Å². The van der Waals surface area contributed by atoms with E-state index in [1.807, 2.05) is 32.0 Å². The van der Waals surface area contributed by atoms with E-state index in [-0.39, 0.29) is 12.2 Å². The van der Waals surface area contributed by atoms with Crippen molar-refractivity contribution in [1.29, 1.82) is 0 Å². The lowest BCUT2D eigenvalue weighted by atomic mass is 10.1. The Balaban J connectivity index is 1.54. The number of pyridine rings is 1. The Labute approximate surface area is 217 Å². The van der Waals surface area contributed by atoms with Crippen molar-refractivity contribution in [2.75, 3.05) is 18.4 Å². The lowest BCUT2D eigenvalue weighted by Crippen LogP contribution is -2.45. The average molecular weight is 528 g/mol. The minimum Gasteiger partial charge on any atom is -0.373 e. The molecule has 2 aromatic carbocycles. The van der Waals surface area contributed by atoms with Crippen LogP contribution in [0.4, 0.5) is 24.7 Å². The van der Waals surface area contributed by atoms with Crippen LogP contribution in [0.15, 0.2) is 60.8 Å². The van der Waals surface area contributed by atoms with Crippen LogP contribution in [0, 0.1) is 0 Å². The van der Waals surface area contributed by atoms with Gasteiger partial charge in [-0.05, 0) is 62.4 Å². The zero-order valence-electron chi connectivity index (χ0n) is 20.3. The Hall–Kier alpha value is -3.27. The summed E-state index contributed by atoms with van der Waals surface area (Å²) in [5, 5.41) is 4.44. The molecule has 5 rings (SSSR count). The van der Waals surface area contributed by atoms with Crippen molar-refractivity contribution in [3.63, 3.8) is 0 Å². The lowest BCUT2D eigenvalue weighted by molar-refractivity contribution is -0.137. The number of halogens is 4. The fraction of sp³-hybridized carbons (Fsp3) is 0.296. The van der Waals surface area contributed by atoms with E-state index in [0.717, 1.165) is 36.2 Å². The van der Waals surface area contributed by atoms with Gasteiger partial charge in [-0.15, -0.1) is 0 Å². The van der Waals surface area contributed by atoms with Gasteiger partial charge in [-0.1, -0.05) is 17.7 Å². The van der Waals surface area contributed by atoms with Crippen LogP contribution < -0.4 is 5.32 Å². The molecule has 0 saturated carbocycles. The molecule has 10 heteroatoms. The van der Waals surface area contributed by atoms with Crippen molar-refractivity contribution in [2.24, 2.45) is 0 Å². The molecule has 1 aliphatic heterocycles. The molecule has 1 N–H and O–H groups in total. The first kappa shape index (κ1) is 25.4. The number of rotatable bonds is 5. The molecular formula is C27H25ClF3N5O. The molecule has 3 heterocycles. The third-order valence-electron chi connectivity index (χ3n) is 6.11. The number of hydrogen-bond donors (Lipinski definition) is 1. The number of nitrogens with one attached hydrogen (secondary N) is 1. The van der Waals surface area contributed by atoms with E-state index in [9.17, 15) is 13.2 Å². The number of aromatic nitrogens is 3. The van der Waals surface area contributed by atoms with Crippen LogP contribution in [0.25, 0.3) is 22.2 Å². The second kappa shape index (κ2) is 10.2. The maximum atomic E-state index is 13.0. The van der Waals surface area contributed by atoms with Crippen molar-refractivity contribution in [3.8, 4) is 11.3 Å². The number of nitrogens with zero attached hydrogens (tertiary/aromatic N) is 4. The van der Waals surface area contributed by atoms with Crippen LogP contribution in [-0.2, 0) is 17.5 Å². The normalized spacial score (nSPS) is 18.8. The highest BCUT2D eigenvalue weighted by Crippen LogP contribution is 2.33. The molecule has 0 aliphatic carbocycles. The van der Waals surface area contributed by atoms with Crippen LogP contribution in [0.3, 0.4) is 0 Å². The predicted octanol–water partition coefficient (Wildman–Crippen LogP) is 6.72. The molecule has 37 heavy (non-hydrogen) atoms. The quantitative estimate of drug-likeness (QED) is 0.311. The minimum atomic E-state index is -4.40. The van der Waals surface area contributed by atoms with Gasteiger partial charge in [0.05, 0.1) is 40.5 Å². The van der Waals surface area contributed by atoms with Crippen LogP contribution in [0.1, 0.15) is 25.2 Å². The van der Waals surface area contributed by atoms with Crippen molar-refractivity contribution in [1.82, 2.24) is 19.9 Å². The van der Waals surface area contributed by atoms with Crippen molar-refractivity contribution in [2.45, 2.75) is 38.8 Å². The largest absolute Gasteiger partial charge is 0.416 e. The molecule has 2 aromatic heterocycles. The third-order valence-corrected chi connectivity index (χ3v) is 6.42. The van der Waals surface area contributed by atoms with E-state index in [0.29, 0.717) is 40.1 Å². The van der Waals surface area contributed by atoms with Crippen LogP contribution in [0.2, 0.25) is 5.02 Å². The SMILES string of the molecule is C[C@@H]1CN(Cc2nc(Nc3ccc(C(F)(F)F)cc3)c3ccc(-c4ncccc4Cl)cc3n2)C[C@@H](C)O1. The molecule has 0 bridgehead atoms. The molecule has 0 amide bonds. The number of ether oxygens (including phenoxy) is 1. The van der Waals surface area contributed by atoms with Gasteiger partial charge in [0, 0.05) is 35.9 Å². The first-order valence-electron chi connectivity index (χ1n) is 11.9. The predicted molar refractivity (Wildman–Crippen MR) is 138 cm³/mol. The average Bonchev–Trinajstić information content (AvgIpc) is 2.83. The summed E-state index contributed by atoms with van der Waals surface area (Å²) in [6.45, 7) is 6.06. The second-order valence-corrected chi connectivity index (χ2v) is 9.61. The molecule has 1 aliphatic rings. The summed E-state index contributed by atoms with van der Waals surface area (Å²) >= 11 is 6.37. The highest BCUT2D eigenvalue weighted by molar-refractivity contribution is 6.33. The van der Waals surface area contributed by atoms with Gasteiger partial charge in [0.1, 0.15) is 11.6 Å². The fourth-order valence-electron chi connectivity index (χ4n) is 4.58. The highest BCUT2D eigenvalue weighted by Gasteiger charge is 2.30. The third kappa shape index (κ3) is 5.84. The minimum absolute atomic E-state index is 0.0897. The number of benzene rings is 2.